The van der Waals surface area contributed by atoms with E-state index in [1.165, 1.54) is 0 Å². The van der Waals surface area contributed by atoms with Crippen LogP contribution < -0.4 is 15.8 Å². The predicted molar refractivity (Wildman–Crippen MR) is 158 cm³/mol. The second kappa shape index (κ2) is 14.1. The number of carbonyl (C=O) groups excluding carboxylic acids is 1. The minimum absolute atomic E-state index is 0.178. The summed E-state index contributed by atoms with van der Waals surface area (Å²) in [6.07, 6.45) is 3.88. The molecule has 6 atom stereocenters. The van der Waals surface area contributed by atoms with Crippen LogP contribution in [0.15, 0.2) is 66.9 Å². The number of methoxy groups -OCH3 is 1. The number of hydrogen-bond acceptors (Lipinski definition) is 6. The number of carbonyl (C=O) groups is 1. The third-order valence-electron chi connectivity index (χ3n) is 8.02. The van der Waals surface area contributed by atoms with Gasteiger partial charge in [-0.1, -0.05) is 67.4 Å². The minimum atomic E-state index is -0.905. The summed E-state index contributed by atoms with van der Waals surface area (Å²) in [5.41, 5.74) is 10.3. The number of nitrogens with two attached hydrogens (primary N) is 1. The second-order valence-corrected chi connectivity index (χ2v) is 11.4. The maximum Gasteiger partial charge on any atom is 0.223 e. The lowest BCUT2D eigenvalue weighted by molar-refractivity contribution is -0.128. The summed E-state index contributed by atoms with van der Waals surface area (Å²) < 4.78 is 5.13. The lowest BCUT2D eigenvalue weighted by atomic mass is 9.82. The van der Waals surface area contributed by atoms with Gasteiger partial charge < -0.3 is 26.0 Å². The number of aliphatic hydroxyl groups excluding tert-OH is 2. The van der Waals surface area contributed by atoms with E-state index in [1.54, 1.807) is 19.4 Å². The quantitative estimate of drug-likeness (QED) is 0.271. The molecule has 1 amide bonds. The highest BCUT2D eigenvalue weighted by Crippen LogP contribution is 2.27. The van der Waals surface area contributed by atoms with Crippen molar-refractivity contribution < 1.29 is 19.7 Å². The highest BCUT2D eigenvalue weighted by Gasteiger charge is 2.34. The summed E-state index contributed by atoms with van der Waals surface area (Å²) in [7, 11) is 1.58. The smallest absolute Gasteiger partial charge is 0.223 e. The number of halogens is 1. The first kappa shape index (κ1) is 30.0. The van der Waals surface area contributed by atoms with Gasteiger partial charge in [0.25, 0.3) is 0 Å². The molecule has 1 aliphatic rings. The van der Waals surface area contributed by atoms with E-state index in [-0.39, 0.29) is 24.3 Å². The van der Waals surface area contributed by atoms with E-state index in [9.17, 15) is 15.0 Å². The van der Waals surface area contributed by atoms with Gasteiger partial charge in [0.05, 0.1) is 25.4 Å². The van der Waals surface area contributed by atoms with E-state index in [2.05, 4.69) is 17.2 Å². The molecule has 214 valence electrons. The van der Waals surface area contributed by atoms with Crippen LogP contribution in [0.1, 0.15) is 43.7 Å². The molecule has 3 aromatic rings. The maximum absolute atomic E-state index is 13.5. The molecule has 8 heteroatoms. The Bertz CT molecular complexity index is 1230. The zero-order valence-electron chi connectivity index (χ0n) is 23.2. The van der Waals surface area contributed by atoms with Gasteiger partial charge in [0.2, 0.25) is 11.8 Å². The standard InChI is InChI=1S/C32H40ClN3O4/c1-20-6-5-9-28(37)31(20)36-32(39)25(17-23-7-3-4-8-26(23)33)18-29(38)27(34)16-21-10-12-22(13-11-21)24-14-15-30(40-2)35-19-24/h3-4,7-8,10-15,19-20,25,27-29,31,37-38H,5-6,9,16-18,34H2,1-2H3,(H,36,39)/t20-,25-,27+,28-,29+,31+/m1/s1. The van der Waals surface area contributed by atoms with Gasteiger partial charge in [-0.05, 0) is 66.8 Å². The molecule has 0 radical (unpaired) electrons. The van der Waals surface area contributed by atoms with Crippen LogP contribution in [-0.4, -0.2) is 52.5 Å². The zero-order valence-corrected chi connectivity index (χ0v) is 23.9. The van der Waals surface area contributed by atoms with Crippen molar-refractivity contribution in [3.05, 3.63) is 83.0 Å². The van der Waals surface area contributed by atoms with Crippen LogP contribution in [0.3, 0.4) is 0 Å². The van der Waals surface area contributed by atoms with Crippen LogP contribution in [0, 0.1) is 11.8 Å². The average molecular weight is 566 g/mol. The Hall–Kier alpha value is -2.97. The number of ether oxygens (including phenoxy) is 1. The SMILES string of the molecule is COc1ccc(-c2ccc(C[C@H](N)[C@@H](O)C[C@@H](Cc3ccccc3Cl)C(=O)N[C@H]3[C@H](C)CCC[C@H]3O)cc2)cn1. The van der Waals surface area contributed by atoms with Gasteiger partial charge in [-0.2, -0.15) is 0 Å². The highest BCUT2D eigenvalue weighted by atomic mass is 35.5. The molecular formula is C32H40ClN3O4. The van der Waals surface area contributed by atoms with Crippen molar-refractivity contribution in [3.8, 4) is 17.0 Å². The Balaban J connectivity index is 1.42. The molecule has 0 saturated heterocycles. The summed E-state index contributed by atoms with van der Waals surface area (Å²) in [5.74, 6) is -0.00237. The van der Waals surface area contributed by atoms with Crippen molar-refractivity contribution in [1.29, 1.82) is 0 Å². The van der Waals surface area contributed by atoms with Gasteiger partial charge in [0, 0.05) is 34.8 Å². The number of amides is 1. The summed E-state index contributed by atoms with van der Waals surface area (Å²) >= 11 is 6.42. The molecular weight excluding hydrogens is 526 g/mol. The summed E-state index contributed by atoms with van der Waals surface area (Å²) in [6, 6.07) is 18.3. The third kappa shape index (κ3) is 7.82. The Morgan fingerprint density at radius 2 is 1.82 bits per heavy atom. The molecule has 40 heavy (non-hydrogen) atoms. The van der Waals surface area contributed by atoms with Gasteiger partial charge in [-0.15, -0.1) is 0 Å². The van der Waals surface area contributed by atoms with Crippen molar-refractivity contribution in [3.63, 3.8) is 0 Å². The monoisotopic (exact) mass is 565 g/mol. The van der Waals surface area contributed by atoms with E-state index in [1.807, 2.05) is 54.6 Å². The molecule has 1 saturated carbocycles. The van der Waals surface area contributed by atoms with Gasteiger partial charge in [0.1, 0.15) is 0 Å². The number of rotatable bonds is 11. The summed E-state index contributed by atoms with van der Waals surface area (Å²) in [6.45, 7) is 2.05. The summed E-state index contributed by atoms with van der Waals surface area (Å²) in [5, 5.41) is 25.3. The molecule has 0 aliphatic heterocycles. The first-order chi connectivity index (χ1) is 19.2. The second-order valence-electron chi connectivity index (χ2n) is 11.0. The fourth-order valence-electron chi connectivity index (χ4n) is 5.50. The van der Waals surface area contributed by atoms with E-state index in [0.717, 1.165) is 35.1 Å². The lowest BCUT2D eigenvalue weighted by Crippen LogP contribution is -2.52. The molecule has 0 spiro atoms. The molecule has 0 bridgehead atoms. The first-order valence-corrected chi connectivity index (χ1v) is 14.4. The third-order valence-corrected chi connectivity index (χ3v) is 8.38. The largest absolute Gasteiger partial charge is 0.481 e. The van der Waals surface area contributed by atoms with Crippen molar-refractivity contribution >= 4 is 17.5 Å². The fourth-order valence-corrected chi connectivity index (χ4v) is 5.71. The van der Waals surface area contributed by atoms with E-state index in [4.69, 9.17) is 22.1 Å². The summed E-state index contributed by atoms with van der Waals surface area (Å²) in [4.78, 5) is 17.8. The van der Waals surface area contributed by atoms with Gasteiger partial charge in [-0.25, -0.2) is 4.98 Å². The number of aliphatic hydroxyl groups is 2. The maximum atomic E-state index is 13.5. The molecule has 4 rings (SSSR count). The van der Waals surface area contributed by atoms with Gasteiger partial charge in [-0.3, -0.25) is 4.79 Å². The normalized spacial score (nSPS) is 21.3. The van der Waals surface area contributed by atoms with Gasteiger partial charge >= 0.3 is 0 Å². The topological polar surface area (TPSA) is 118 Å². The van der Waals surface area contributed by atoms with Crippen molar-refractivity contribution in [2.75, 3.05) is 7.11 Å². The Morgan fingerprint density at radius 1 is 1.10 bits per heavy atom. The average Bonchev–Trinajstić information content (AvgIpc) is 2.96. The van der Waals surface area contributed by atoms with E-state index < -0.39 is 24.2 Å². The van der Waals surface area contributed by atoms with Crippen molar-refractivity contribution in [2.24, 2.45) is 17.6 Å². The number of hydrogen-bond donors (Lipinski definition) is 4. The van der Waals surface area contributed by atoms with Crippen LogP contribution in [0.5, 0.6) is 5.88 Å². The molecule has 2 aromatic carbocycles. The lowest BCUT2D eigenvalue weighted by Gasteiger charge is -2.35. The molecule has 5 N–H and O–H groups in total. The molecule has 1 heterocycles. The minimum Gasteiger partial charge on any atom is -0.481 e. The van der Waals surface area contributed by atoms with Crippen LogP contribution >= 0.6 is 11.6 Å². The van der Waals surface area contributed by atoms with E-state index in [0.29, 0.717) is 30.2 Å². The number of pyridine rings is 1. The molecule has 7 nitrogen and oxygen atoms in total. The number of aromatic nitrogens is 1. The highest BCUT2D eigenvalue weighted by molar-refractivity contribution is 6.31. The van der Waals surface area contributed by atoms with Gasteiger partial charge in [0.15, 0.2) is 0 Å². The van der Waals surface area contributed by atoms with Crippen LogP contribution in [-0.2, 0) is 17.6 Å². The van der Waals surface area contributed by atoms with Crippen LogP contribution in [0.4, 0.5) is 0 Å². The van der Waals surface area contributed by atoms with Crippen molar-refractivity contribution in [1.82, 2.24) is 10.3 Å². The van der Waals surface area contributed by atoms with Crippen LogP contribution in [0.2, 0.25) is 5.02 Å². The number of nitrogens with one attached hydrogen (secondary N) is 1. The molecule has 0 unspecified atom stereocenters. The predicted octanol–water partition coefficient (Wildman–Crippen LogP) is 4.56. The molecule has 1 aliphatic carbocycles. The Labute approximate surface area is 241 Å². The number of nitrogens with zero attached hydrogens (tertiary/aromatic N) is 1. The molecule has 1 fully saturated rings. The van der Waals surface area contributed by atoms with Crippen molar-refractivity contribution in [2.45, 2.75) is 69.7 Å². The Kier molecular flexibility index (Phi) is 10.6. The number of benzene rings is 2. The first-order valence-electron chi connectivity index (χ1n) is 14.0. The van der Waals surface area contributed by atoms with Crippen LogP contribution in [0.25, 0.3) is 11.1 Å². The molecule has 1 aromatic heterocycles. The van der Waals surface area contributed by atoms with E-state index >= 15 is 0 Å². The fraction of sp³-hybridized carbons (Fsp3) is 0.438. The zero-order chi connectivity index (χ0) is 28.6. The Morgan fingerprint density at radius 3 is 2.48 bits per heavy atom.